The summed E-state index contributed by atoms with van der Waals surface area (Å²) in [6.45, 7) is 3.92. The van der Waals surface area contributed by atoms with Gasteiger partial charge in [0.25, 0.3) is 0 Å². The van der Waals surface area contributed by atoms with Crippen molar-refractivity contribution >= 4 is 5.91 Å². The molecule has 0 radical (unpaired) electrons. The van der Waals surface area contributed by atoms with E-state index in [1.807, 2.05) is 0 Å². The number of hydrogen-bond acceptors (Lipinski definition) is 3. The molecule has 1 unspecified atom stereocenters. The predicted octanol–water partition coefficient (Wildman–Crippen LogP) is 2.91. The number of nitrogens with one attached hydrogen (secondary N) is 3. The van der Waals surface area contributed by atoms with Crippen molar-refractivity contribution in [3.05, 3.63) is 35.9 Å². The van der Waals surface area contributed by atoms with Gasteiger partial charge in [-0.2, -0.15) is 0 Å². The van der Waals surface area contributed by atoms with Crippen LogP contribution in [0.5, 0.6) is 0 Å². The average Bonchev–Trinajstić information content (AvgIpc) is 3.10. The van der Waals surface area contributed by atoms with Gasteiger partial charge >= 0.3 is 0 Å². The molecule has 1 aromatic rings. The highest BCUT2D eigenvalue weighted by Gasteiger charge is 2.36. The van der Waals surface area contributed by atoms with E-state index in [1.165, 1.54) is 24.8 Å². The van der Waals surface area contributed by atoms with Gasteiger partial charge in [-0.3, -0.25) is 4.79 Å². The zero-order valence-corrected chi connectivity index (χ0v) is 14.8. The molecule has 1 aliphatic heterocycles. The number of amides is 1. The van der Waals surface area contributed by atoms with Crippen LogP contribution in [0.4, 0.5) is 0 Å². The second-order valence-electron chi connectivity index (χ2n) is 7.48. The normalized spacial score (nSPS) is 24.5. The molecule has 1 saturated heterocycles. The second kappa shape index (κ2) is 8.13. The Morgan fingerprint density at radius 1 is 1.21 bits per heavy atom. The number of benzene rings is 1. The molecular weight excluding hydrogens is 298 g/mol. The third kappa shape index (κ3) is 4.37. The number of carbonyl (C=O) groups excluding carboxylic acids is 1. The van der Waals surface area contributed by atoms with Crippen LogP contribution >= 0.6 is 0 Å². The molecule has 0 aromatic heterocycles. The lowest BCUT2D eigenvalue weighted by Gasteiger charge is -2.35. The van der Waals surface area contributed by atoms with Crippen LogP contribution in [0.1, 0.15) is 63.5 Å². The first-order valence-corrected chi connectivity index (χ1v) is 9.52. The Morgan fingerprint density at radius 2 is 1.96 bits per heavy atom. The smallest absolute Gasteiger partial charge is 0.237 e. The summed E-state index contributed by atoms with van der Waals surface area (Å²) in [4.78, 5) is 12.5. The fourth-order valence-electron chi connectivity index (χ4n) is 4.16. The first-order valence-electron chi connectivity index (χ1n) is 9.52. The van der Waals surface area contributed by atoms with Crippen molar-refractivity contribution in [3.63, 3.8) is 0 Å². The topological polar surface area (TPSA) is 53.2 Å². The lowest BCUT2D eigenvalue weighted by atomic mass is 9.94. The lowest BCUT2D eigenvalue weighted by Crippen LogP contribution is -2.55. The second-order valence-corrected chi connectivity index (χ2v) is 7.48. The van der Waals surface area contributed by atoms with Crippen LogP contribution < -0.4 is 16.0 Å². The van der Waals surface area contributed by atoms with Crippen LogP contribution in [0.25, 0.3) is 0 Å². The number of hydrogen-bond donors (Lipinski definition) is 3. The maximum Gasteiger partial charge on any atom is 0.237 e. The molecule has 2 fully saturated rings. The van der Waals surface area contributed by atoms with E-state index in [0.29, 0.717) is 6.04 Å². The zero-order valence-electron chi connectivity index (χ0n) is 14.8. The van der Waals surface area contributed by atoms with Gasteiger partial charge in [-0.05, 0) is 44.7 Å². The Kier molecular flexibility index (Phi) is 5.90. The molecule has 3 rings (SSSR count). The molecule has 2 atom stereocenters. The highest BCUT2D eigenvalue weighted by Crippen LogP contribution is 2.32. The van der Waals surface area contributed by atoms with Crippen LogP contribution in [0.3, 0.4) is 0 Å². The highest BCUT2D eigenvalue weighted by molar-refractivity contribution is 5.81. The maximum atomic E-state index is 12.5. The van der Waals surface area contributed by atoms with E-state index in [-0.39, 0.29) is 17.5 Å². The van der Waals surface area contributed by atoms with Crippen molar-refractivity contribution in [1.82, 2.24) is 16.0 Å². The van der Waals surface area contributed by atoms with Crippen molar-refractivity contribution in [1.29, 1.82) is 0 Å². The minimum absolute atomic E-state index is 0.00347. The van der Waals surface area contributed by atoms with Gasteiger partial charge in [0.15, 0.2) is 0 Å². The summed E-state index contributed by atoms with van der Waals surface area (Å²) in [5.41, 5.74) is 1.35. The fraction of sp³-hybridized carbons (Fsp3) is 0.650. The van der Waals surface area contributed by atoms with Crippen molar-refractivity contribution < 1.29 is 4.79 Å². The summed E-state index contributed by atoms with van der Waals surface area (Å²) < 4.78 is 0. The SMILES string of the molecule is CC(NC1(CNC(=O)[C@H]2CCCCN2)CCCC1)c1ccccc1. The molecule has 1 heterocycles. The molecule has 1 saturated carbocycles. The average molecular weight is 329 g/mol. The van der Waals surface area contributed by atoms with E-state index in [1.54, 1.807) is 0 Å². The van der Waals surface area contributed by atoms with E-state index in [9.17, 15) is 4.79 Å². The molecule has 0 bridgehead atoms. The number of carbonyl (C=O) groups is 1. The standard InChI is InChI=1S/C20H31N3O/c1-16(17-9-3-2-4-10-17)23-20(12-6-7-13-20)15-22-19(24)18-11-5-8-14-21-18/h2-4,9-10,16,18,21,23H,5-8,11-15H2,1H3,(H,22,24)/t16?,18-/m1/s1. The Labute approximate surface area is 145 Å². The number of piperidine rings is 1. The summed E-state index contributed by atoms with van der Waals surface area (Å²) in [6, 6.07) is 10.9. The van der Waals surface area contributed by atoms with Gasteiger partial charge in [-0.1, -0.05) is 49.6 Å². The fourth-order valence-corrected chi connectivity index (χ4v) is 4.16. The summed E-state index contributed by atoms with van der Waals surface area (Å²) in [7, 11) is 0. The molecule has 1 amide bonds. The summed E-state index contributed by atoms with van der Waals surface area (Å²) in [5.74, 6) is 0.176. The van der Waals surface area contributed by atoms with E-state index in [0.717, 1.165) is 38.8 Å². The van der Waals surface area contributed by atoms with Crippen LogP contribution in [0.2, 0.25) is 0 Å². The van der Waals surface area contributed by atoms with Crippen molar-refractivity contribution in [2.45, 2.75) is 69.5 Å². The first-order chi connectivity index (χ1) is 11.7. The van der Waals surface area contributed by atoms with Crippen LogP contribution in [-0.2, 0) is 4.79 Å². The molecular formula is C20H31N3O. The predicted molar refractivity (Wildman–Crippen MR) is 97.8 cm³/mol. The van der Waals surface area contributed by atoms with E-state index in [4.69, 9.17) is 0 Å². The van der Waals surface area contributed by atoms with Crippen molar-refractivity contribution in [3.8, 4) is 0 Å². The van der Waals surface area contributed by atoms with Gasteiger partial charge in [0.2, 0.25) is 5.91 Å². The van der Waals surface area contributed by atoms with E-state index < -0.39 is 0 Å². The van der Waals surface area contributed by atoms with Gasteiger partial charge in [0, 0.05) is 18.1 Å². The van der Waals surface area contributed by atoms with Gasteiger partial charge in [-0.15, -0.1) is 0 Å². The summed E-state index contributed by atoms with van der Waals surface area (Å²) in [5, 5.41) is 10.4. The Morgan fingerprint density at radius 3 is 2.62 bits per heavy atom. The third-order valence-corrected chi connectivity index (χ3v) is 5.61. The van der Waals surface area contributed by atoms with Crippen molar-refractivity contribution in [2.24, 2.45) is 0 Å². The van der Waals surface area contributed by atoms with Crippen LogP contribution in [0.15, 0.2) is 30.3 Å². The maximum absolute atomic E-state index is 12.5. The molecule has 4 nitrogen and oxygen atoms in total. The summed E-state index contributed by atoms with van der Waals surface area (Å²) >= 11 is 0. The molecule has 0 spiro atoms. The quantitative estimate of drug-likeness (QED) is 0.752. The Hall–Kier alpha value is -1.39. The zero-order chi connectivity index (χ0) is 16.8. The van der Waals surface area contributed by atoms with Crippen molar-refractivity contribution in [2.75, 3.05) is 13.1 Å². The van der Waals surface area contributed by atoms with E-state index in [2.05, 4.69) is 53.2 Å². The summed E-state index contributed by atoms with van der Waals surface area (Å²) in [6.07, 6.45) is 8.07. The molecule has 3 N–H and O–H groups in total. The van der Waals surface area contributed by atoms with Gasteiger partial charge in [0.1, 0.15) is 0 Å². The third-order valence-electron chi connectivity index (χ3n) is 5.61. The minimum Gasteiger partial charge on any atom is -0.353 e. The first kappa shape index (κ1) is 17.4. The van der Waals surface area contributed by atoms with Crippen LogP contribution in [0, 0.1) is 0 Å². The minimum atomic E-state index is 0.00347. The molecule has 1 aromatic carbocycles. The van der Waals surface area contributed by atoms with Gasteiger partial charge in [-0.25, -0.2) is 0 Å². The molecule has 132 valence electrons. The molecule has 1 aliphatic carbocycles. The Balaban J connectivity index is 1.58. The largest absolute Gasteiger partial charge is 0.353 e. The molecule has 4 heteroatoms. The van der Waals surface area contributed by atoms with Gasteiger partial charge < -0.3 is 16.0 Å². The lowest BCUT2D eigenvalue weighted by molar-refractivity contribution is -0.124. The van der Waals surface area contributed by atoms with Gasteiger partial charge in [0.05, 0.1) is 6.04 Å². The molecule has 24 heavy (non-hydrogen) atoms. The van der Waals surface area contributed by atoms with Crippen LogP contribution in [-0.4, -0.2) is 30.6 Å². The highest BCUT2D eigenvalue weighted by atomic mass is 16.2. The molecule has 2 aliphatic rings. The number of rotatable bonds is 6. The van der Waals surface area contributed by atoms with E-state index >= 15 is 0 Å². The monoisotopic (exact) mass is 329 g/mol. The Bertz CT molecular complexity index is 519.